The van der Waals surface area contributed by atoms with Crippen molar-refractivity contribution in [2.45, 2.75) is 25.7 Å². The van der Waals surface area contributed by atoms with E-state index in [9.17, 15) is 5.11 Å². The van der Waals surface area contributed by atoms with Crippen LogP contribution in [-0.2, 0) is 0 Å². The molecule has 1 aliphatic rings. The van der Waals surface area contributed by atoms with E-state index in [1.165, 1.54) is 12.8 Å². The minimum absolute atomic E-state index is 0.0174. The Morgan fingerprint density at radius 2 is 2.12 bits per heavy atom. The van der Waals surface area contributed by atoms with E-state index in [-0.39, 0.29) is 12.0 Å². The van der Waals surface area contributed by atoms with Crippen molar-refractivity contribution in [1.29, 1.82) is 0 Å². The maximum Gasteiger partial charge on any atom is 0.150 e. The fraction of sp³-hybridized carbons (Fsp3) is 0.583. The normalized spacial score (nSPS) is 18.2. The summed E-state index contributed by atoms with van der Waals surface area (Å²) >= 11 is 5.82. The van der Waals surface area contributed by atoms with Crippen molar-refractivity contribution < 1.29 is 5.11 Å². The Bertz CT molecular complexity index is 391. The van der Waals surface area contributed by atoms with Crippen molar-refractivity contribution in [2.24, 2.45) is 5.41 Å². The molecule has 0 unspecified atom stereocenters. The Labute approximate surface area is 106 Å². The maximum atomic E-state index is 9.50. The summed E-state index contributed by atoms with van der Waals surface area (Å²) in [5, 5.41) is 13.1. The van der Waals surface area contributed by atoms with Gasteiger partial charge in [-0.15, -0.1) is 0 Å². The Morgan fingerprint density at radius 3 is 2.76 bits per heavy atom. The molecule has 0 bridgehead atoms. The summed E-state index contributed by atoms with van der Waals surface area (Å²) in [5.41, 5.74) is 6.38. The summed E-state index contributed by atoms with van der Waals surface area (Å²) < 4.78 is 0. The van der Waals surface area contributed by atoms with Gasteiger partial charge in [-0.25, -0.2) is 4.98 Å². The molecule has 94 valence electrons. The quantitative estimate of drug-likeness (QED) is 0.722. The monoisotopic (exact) mass is 255 g/mol. The van der Waals surface area contributed by atoms with Crippen LogP contribution in [0.1, 0.15) is 25.7 Å². The molecule has 5 heteroatoms. The highest BCUT2D eigenvalue weighted by atomic mass is 35.5. The summed E-state index contributed by atoms with van der Waals surface area (Å²) in [6, 6.07) is 3.40. The number of anilines is 2. The van der Waals surface area contributed by atoms with Crippen LogP contribution in [0.2, 0.25) is 5.15 Å². The van der Waals surface area contributed by atoms with Crippen molar-refractivity contribution in [3.05, 3.63) is 17.3 Å². The second-order valence-corrected chi connectivity index (χ2v) is 5.18. The fourth-order valence-electron chi connectivity index (χ4n) is 2.37. The Morgan fingerprint density at radius 1 is 1.41 bits per heavy atom. The first-order valence-corrected chi connectivity index (χ1v) is 6.30. The fourth-order valence-corrected chi connectivity index (χ4v) is 2.52. The number of nitrogen functional groups attached to an aromatic ring is 1. The van der Waals surface area contributed by atoms with Crippen molar-refractivity contribution in [3.8, 4) is 0 Å². The number of hydrogen-bond donors (Lipinski definition) is 3. The molecule has 0 radical (unpaired) electrons. The van der Waals surface area contributed by atoms with E-state index in [1.54, 1.807) is 12.1 Å². The number of nitrogens with one attached hydrogen (secondary N) is 1. The molecule has 0 atom stereocenters. The van der Waals surface area contributed by atoms with E-state index in [1.807, 2.05) is 0 Å². The van der Waals surface area contributed by atoms with Gasteiger partial charge in [0.25, 0.3) is 0 Å². The van der Waals surface area contributed by atoms with Gasteiger partial charge in [0, 0.05) is 12.0 Å². The number of halogens is 1. The van der Waals surface area contributed by atoms with Gasteiger partial charge in [-0.3, -0.25) is 0 Å². The molecule has 1 fully saturated rings. The number of pyridine rings is 1. The predicted octanol–water partition coefficient (Wildman–Crippen LogP) is 2.28. The van der Waals surface area contributed by atoms with E-state index in [4.69, 9.17) is 17.3 Å². The van der Waals surface area contributed by atoms with E-state index in [0.29, 0.717) is 23.2 Å². The zero-order chi connectivity index (χ0) is 12.3. The van der Waals surface area contributed by atoms with E-state index in [2.05, 4.69) is 10.3 Å². The standard InChI is InChI=1S/C12H18ClN3O/c13-10-4-3-9(14)11(16-10)15-7-12(8-17)5-1-2-6-12/h3-4,17H,1-2,5-8,14H2,(H,15,16). The average molecular weight is 256 g/mol. The zero-order valence-electron chi connectivity index (χ0n) is 9.75. The second-order valence-electron chi connectivity index (χ2n) is 4.79. The Balaban J connectivity index is 2.03. The van der Waals surface area contributed by atoms with Gasteiger partial charge in [0.05, 0.1) is 12.3 Å². The SMILES string of the molecule is Nc1ccc(Cl)nc1NCC1(CO)CCCC1. The summed E-state index contributed by atoms with van der Waals surface area (Å²) in [5.74, 6) is 0.609. The number of hydrogen-bond acceptors (Lipinski definition) is 4. The molecule has 1 heterocycles. The molecule has 2 rings (SSSR count). The summed E-state index contributed by atoms with van der Waals surface area (Å²) in [6.45, 7) is 0.904. The van der Waals surface area contributed by atoms with Crippen LogP contribution in [0.5, 0.6) is 0 Å². The van der Waals surface area contributed by atoms with Crippen LogP contribution >= 0.6 is 11.6 Å². The van der Waals surface area contributed by atoms with Gasteiger partial charge in [0.2, 0.25) is 0 Å². The zero-order valence-corrected chi connectivity index (χ0v) is 10.5. The van der Waals surface area contributed by atoms with Gasteiger partial charge in [0.1, 0.15) is 5.15 Å². The highest BCUT2D eigenvalue weighted by Crippen LogP contribution is 2.37. The highest BCUT2D eigenvalue weighted by Gasteiger charge is 2.33. The number of aromatic nitrogens is 1. The van der Waals surface area contributed by atoms with Crippen LogP contribution in [0.4, 0.5) is 11.5 Å². The maximum absolute atomic E-state index is 9.50. The minimum atomic E-state index is -0.0174. The first kappa shape index (κ1) is 12.5. The molecule has 0 saturated heterocycles. The van der Waals surface area contributed by atoms with Gasteiger partial charge in [-0.05, 0) is 25.0 Å². The van der Waals surface area contributed by atoms with Crippen LogP contribution in [0, 0.1) is 5.41 Å². The predicted molar refractivity (Wildman–Crippen MR) is 70.1 cm³/mol. The number of nitrogens with zero attached hydrogens (tertiary/aromatic N) is 1. The lowest BCUT2D eigenvalue weighted by molar-refractivity contribution is 0.142. The van der Waals surface area contributed by atoms with Crippen LogP contribution in [0.15, 0.2) is 12.1 Å². The molecule has 1 aromatic heterocycles. The lowest BCUT2D eigenvalue weighted by Crippen LogP contribution is -2.31. The van der Waals surface area contributed by atoms with Gasteiger partial charge in [-0.2, -0.15) is 0 Å². The van der Waals surface area contributed by atoms with Gasteiger partial charge >= 0.3 is 0 Å². The number of nitrogens with two attached hydrogens (primary N) is 1. The lowest BCUT2D eigenvalue weighted by Gasteiger charge is -2.27. The van der Waals surface area contributed by atoms with Gasteiger partial charge < -0.3 is 16.2 Å². The molecular weight excluding hydrogens is 238 g/mol. The minimum Gasteiger partial charge on any atom is -0.396 e. The number of aliphatic hydroxyl groups is 1. The van der Waals surface area contributed by atoms with Crippen molar-refractivity contribution >= 4 is 23.1 Å². The number of aliphatic hydroxyl groups excluding tert-OH is 1. The van der Waals surface area contributed by atoms with E-state index < -0.39 is 0 Å². The molecule has 4 nitrogen and oxygen atoms in total. The first-order chi connectivity index (χ1) is 8.15. The topological polar surface area (TPSA) is 71.2 Å². The van der Waals surface area contributed by atoms with E-state index >= 15 is 0 Å². The van der Waals surface area contributed by atoms with Gasteiger partial charge in [-0.1, -0.05) is 24.4 Å². The Kier molecular flexibility index (Phi) is 3.74. The third-order valence-electron chi connectivity index (χ3n) is 3.52. The molecule has 17 heavy (non-hydrogen) atoms. The summed E-state index contributed by atoms with van der Waals surface area (Å²) in [4.78, 5) is 4.15. The molecule has 0 aliphatic heterocycles. The van der Waals surface area contributed by atoms with Crippen molar-refractivity contribution in [2.75, 3.05) is 24.2 Å². The van der Waals surface area contributed by atoms with Crippen LogP contribution in [0.25, 0.3) is 0 Å². The molecule has 0 amide bonds. The second kappa shape index (κ2) is 5.10. The van der Waals surface area contributed by atoms with Crippen LogP contribution in [-0.4, -0.2) is 23.2 Å². The molecule has 0 aromatic carbocycles. The molecule has 1 aliphatic carbocycles. The average Bonchev–Trinajstić information content (AvgIpc) is 2.80. The number of rotatable bonds is 4. The third-order valence-corrected chi connectivity index (χ3v) is 3.73. The van der Waals surface area contributed by atoms with Crippen molar-refractivity contribution in [3.63, 3.8) is 0 Å². The van der Waals surface area contributed by atoms with Crippen LogP contribution in [0.3, 0.4) is 0 Å². The smallest absolute Gasteiger partial charge is 0.150 e. The molecule has 1 saturated carbocycles. The summed E-state index contributed by atoms with van der Waals surface area (Å²) in [7, 11) is 0. The highest BCUT2D eigenvalue weighted by molar-refractivity contribution is 6.29. The molecular formula is C12H18ClN3O. The lowest BCUT2D eigenvalue weighted by atomic mass is 9.87. The van der Waals surface area contributed by atoms with Gasteiger partial charge in [0.15, 0.2) is 5.82 Å². The van der Waals surface area contributed by atoms with Crippen LogP contribution < -0.4 is 11.1 Å². The van der Waals surface area contributed by atoms with E-state index in [0.717, 1.165) is 12.8 Å². The third kappa shape index (κ3) is 2.82. The Hall–Kier alpha value is -1.00. The molecule has 4 N–H and O–H groups in total. The molecule has 0 spiro atoms. The summed E-state index contributed by atoms with van der Waals surface area (Å²) in [6.07, 6.45) is 4.47. The largest absolute Gasteiger partial charge is 0.396 e. The van der Waals surface area contributed by atoms with Crippen molar-refractivity contribution in [1.82, 2.24) is 4.98 Å². The first-order valence-electron chi connectivity index (χ1n) is 5.92. The molecule has 1 aromatic rings.